The Morgan fingerprint density at radius 2 is 2.33 bits per heavy atom. The van der Waals surface area contributed by atoms with Crippen molar-refractivity contribution >= 4 is 0 Å². The molecule has 0 fully saturated rings. The average Bonchev–Trinajstić information content (AvgIpc) is 2.78. The maximum Gasteiger partial charge on any atom is 0.236 e. The highest BCUT2D eigenvalue weighted by Gasteiger charge is 2.06. The lowest BCUT2D eigenvalue weighted by atomic mass is 10.5. The van der Waals surface area contributed by atoms with Crippen LogP contribution < -0.4 is 5.32 Å². The topological polar surface area (TPSA) is 68.8 Å². The summed E-state index contributed by atoms with van der Waals surface area (Å²) < 4.78 is 7.27. The maximum atomic E-state index is 5.30. The molecule has 0 saturated carbocycles. The van der Waals surface area contributed by atoms with E-state index >= 15 is 0 Å². The van der Waals surface area contributed by atoms with Gasteiger partial charge in [0, 0.05) is 19.3 Å². The van der Waals surface area contributed by atoms with E-state index in [1.807, 2.05) is 17.8 Å². The molecule has 15 heavy (non-hydrogen) atoms. The third kappa shape index (κ3) is 2.21. The SMILES string of the molecule is CNCc1nccn1Cc1nnc(C)o1. The Kier molecular flexibility index (Phi) is 2.77. The van der Waals surface area contributed by atoms with Gasteiger partial charge in [-0.15, -0.1) is 10.2 Å². The van der Waals surface area contributed by atoms with Crippen LogP contribution in [0, 0.1) is 6.92 Å². The highest BCUT2D eigenvalue weighted by molar-refractivity contribution is 4.95. The summed E-state index contributed by atoms with van der Waals surface area (Å²) in [6.07, 6.45) is 3.65. The van der Waals surface area contributed by atoms with Gasteiger partial charge in [0.05, 0.1) is 6.54 Å². The molecule has 0 aromatic carbocycles. The average molecular weight is 207 g/mol. The van der Waals surface area contributed by atoms with Crippen LogP contribution in [-0.4, -0.2) is 26.8 Å². The highest BCUT2D eigenvalue weighted by Crippen LogP contribution is 2.04. The summed E-state index contributed by atoms with van der Waals surface area (Å²) in [6, 6.07) is 0. The Balaban J connectivity index is 2.13. The third-order valence-corrected chi connectivity index (χ3v) is 2.01. The third-order valence-electron chi connectivity index (χ3n) is 2.01. The van der Waals surface area contributed by atoms with Crippen LogP contribution in [0.4, 0.5) is 0 Å². The van der Waals surface area contributed by atoms with Crippen molar-refractivity contribution in [3.63, 3.8) is 0 Å². The molecule has 2 aromatic heterocycles. The predicted molar refractivity (Wildman–Crippen MR) is 53.1 cm³/mol. The number of imidazole rings is 1. The van der Waals surface area contributed by atoms with Crippen molar-refractivity contribution in [3.05, 3.63) is 30.0 Å². The van der Waals surface area contributed by atoms with E-state index in [0.29, 0.717) is 18.3 Å². The van der Waals surface area contributed by atoms with E-state index in [0.717, 1.165) is 12.4 Å². The van der Waals surface area contributed by atoms with Crippen molar-refractivity contribution in [2.75, 3.05) is 7.05 Å². The van der Waals surface area contributed by atoms with Crippen LogP contribution in [0.25, 0.3) is 0 Å². The van der Waals surface area contributed by atoms with Crippen molar-refractivity contribution in [3.8, 4) is 0 Å². The molecule has 80 valence electrons. The highest BCUT2D eigenvalue weighted by atomic mass is 16.4. The molecule has 0 saturated heterocycles. The molecular formula is C9H13N5O. The quantitative estimate of drug-likeness (QED) is 0.783. The molecular weight excluding hydrogens is 194 g/mol. The molecule has 0 bridgehead atoms. The first-order valence-electron chi connectivity index (χ1n) is 4.73. The minimum absolute atomic E-state index is 0.567. The van der Waals surface area contributed by atoms with Gasteiger partial charge in [-0.3, -0.25) is 0 Å². The minimum atomic E-state index is 0.567. The van der Waals surface area contributed by atoms with Gasteiger partial charge in [-0.1, -0.05) is 0 Å². The maximum absolute atomic E-state index is 5.30. The van der Waals surface area contributed by atoms with E-state index in [4.69, 9.17) is 4.42 Å². The zero-order valence-electron chi connectivity index (χ0n) is 8.77. The number of aryl methyl sites for hydroxylation is 1. The first-order valence-corrected chi connectivity index (χ1v) is 4.73. The summed E-state index contributed by atoms with van der Waals surface area (Å²) in [7, 11) is 1.88. The van der Waals surface area contributed by atoms with E-state index in [1.54, 1.807) is 13.1 Å². The summed E-state index contributed by atoms with van der Waals surface area (Å²) in [5.74, 6) is 2.14. The summed E-state index contributed by atoms with van der Waals surface area (Å²) in [4.78, 5) is 4.22. The summed E-state index contributed by atoms with van der Waals surface area (Å²) in [6.45, 7) is 3.07. The zero-order chi connectivity index (χ0) is 10.7. The molecule has 2 heterocycles. The summed E-state index contributed by atoms with van der Waals surface area (Å²) in [5.41, 5.74) is 0. The van der Waals surface area contributed by atoms with Gasteiger partial charge in [0.1, 0.15) is 12.4 Å². The normalized spacial score (nSPS) is 10.8. The van der Waals surface area contributed by atoms with E-state index in [9.17, 15) is 0 Å². The van der Waals surface area contributed by atoms with Gasteiger partial charge in [-0.2, -0.15) is 0 Å². The first kappa shape index (κ1) is 9.85. The molecule has 6 nitrogen and oxygen atoms in total. The number of hydrogen-bond acceptors (Lipinski definition) is 5. The second-order valence-electron chi connectivity index (χ2n) is 3.22. The van der Waals surface area contributed by atoms with Crippen molar-refractivity contribution in [2.24, 2.45) is 0 Å². The van der Waals surface area contributed by atoms with E-state index in [1.165, 1.54) is 0 Å². The molecule has 0 spiro atoms. The Bertz CT molecular complexity index is 433. The van der Waals surface area contributed by atoms with Gasteiger partial charge < -0.3 is 14.3 Å². The fourth-order valence-electron chi connectivity index (χ4n) is 1.36. The Labute approximate surface area is 87.3 Å². The van der Waals surface area contributed by atoms with E-state index in [-0.39, 0.29) is 0 Å². The number of nitrogens with zero attached hydrogens (tertiary/aromatic N) is 4. The van der Waals surface area contributed by atoms with Crippen molar-refractivity contribution in [1.82, 2.24) is 25.1 Å². The monoisotopic (exact) mass is 207 g/mol. The standard InChI is InChI=1S/C9H13N5O/c1-7-12-13-9(15-7)6-14-4-3-11-8(14)5-10-2/h3-4,10H,5-6H2,1-2H3. The largest absolute Gasteiger partial charge is 0.424 e. The van der Waals surface area contributed by atoms with Gasteiger partial charge in [0.15, 0.2) is 0 Å². The number of aromatic nitrogens is 4. The van der Waals surface area contributed by atoms with Gasteiger partial charge in [0.2, 0.25) is 11.8 Å². The number of hydrogen-bond donors (Lipinski definition) is 1. The molecule has 2 rings (SSSR count). The lowest BCUT2D eigenvalue weighted by Gasteiger charge is -2.03. The fourth-order valence-corrected chi connectivity index (χ4v) is 1.36. The molecule has 1 N–H and O–H groups in total. The molecule has 2 aromatic rings. The van der Waals surface area contributed by atoms with Crippen LogP contribution in [0.1, 0.15) is 17.6 Å². The van der Waals surface area contributed by atoms with E-state index < -0.39 is 0 Å². The second kappa shape index (κ2) is 4.22. The second-order valence-corrected chi connectivity index (χ2v) is 3.22. The smallest absolute Gasteiger partial charge is 0.236 e. The first-order chi connectivity index (χ1) is 7.29. The Morgan fingerprint density at radius 3 is 3.00 bits per heavy atom. The van der Waals surface area contributed by atoms with Gasteiger partial charge in [-0.25, -0.2) is 4.98 Å². The number of nitrogens with one attached hydrogen (secondary N) is 1. The van der Waals surface area contributed by atoms with Gasteiger partial charge >= 0.3 is 0 Å². The molecule has 0 aliphatic heterocycles. The van der Waals surface area contributed by atoms with Crippen LogP contribution in [0.5, 0.6) is 0 Å². The van der Waals surface area contributed by atoms with Crippen LogP contribution in [0.3, 0.4) is 0 Å². The Hall–Kier alpha value is -1.69. The lowest BCUT2D eigenvalue weighted by Crippen LogP contribution is -2.12. The molecule has 0 unspecified atom stereocenters. The van der Waals surface area contributed by atoms with Crippen molar-refractivity contribution in [1.29, 1.82) is 0 Å². The van der Waals surface area contributed by atoms with Crippen molar-refractivity contribution in [2.45, 2.75) is 20.0 Å². The lowest BCUT2D eigenvalue weighted by molar-refractivity contribution is 0.450. The molecule has 0 amide bonds. The van der Waals surface area contributed by atoms with Crippen molar-refractivity contribution < 1.29 is 4.42 Å². The van der Waals surface area contributed by atoms with Crippen LogP contribution in [0.15, 0.2) is 16.8 Å². The van der Waals surface area contributed by atoms with Gasteiger partial charge in [-0.05, 0) is 7.05 Å². The number of rotatable bonds is 4. The van der Waals surface area contributed by atoms with Crippen LogP contribution in [-0.2, 0) is 13.1 Å². The predicted octanol–water partition coefficient (Wildman–Crippen LogP) is 0.342. The van der Waals surface area contributed by atoms with Gasteiger partial charge in [0.25, 0.3) is 0 Å². The summed E-state index contributed by atoms with van der Waals surface area (Å²) >= 11 is 0. The fraction of sp³-hybridized carbons (Fsp3) is 0.444. The van der Waals surface area contributed by atoms with Crippen LogP contribution >= 0.6 is 0 Å². The minimum Gasteiger partial charge on any atom is -0.424 e. The molecule has 0 aliphatic rings. The molecule has 0 aliphatic carbocycles. The molecule has 0 atom stereocenters. The van der Waals surface area contributed by atoms with Crippen LogP contribution in [0.2, 0.25) is 0 Å². The Morgan fingerprint density at radius 1 is 1.47 bits per heavy atom. The zero-order valence-corrected chi connectivity index (χ0v) is 8.77. The summed E-state index contributed by atoms with van der Waals surface area (Å²) in [5, 5.41) is 10.8. The van der Waals surface area contributed by atoms with E-state index in [2.05, 4.69) is 20.5 Å². The molecule has 0 radical (unpaired) electrons. The molecule has 6 heteroatoms.